The van der Waals surface area contributed by atoms with Crippen molar-refractivity contribution in [1.82, 2.24) is 0 Å². The summed E-state index contributed by atoms with van der Waals surface area (Å²) in [6, 6.07) is 0. The quantitative estimate of drug-likeness (QED) is 0.597. The van der Waals surface area contributed by atoms with Gasteiger partial charge in [0.05, 0.1) is 21.6 Å². The molecule has 0 saturated heterocycles. The molecule has 70 valence electrons. The number of aliphatic carboxylic acids is 2. The van der Waals surface area contributed by atoms with Crippen molar-refractivity contribution >= 4 is 43.8 Å². The maximum absolute atomic E-state index is 10.1. The van der Waals surface area contributed by atoms with Crippen molar-refractivity contribution in [1.29, 1.82) is 0 Å². The standard InChI is InChI=1S/C6H8Br2O4/c7-3(5(9)10)1-2-4(8)6(11)12/h3-4H,1-2H2,(H,9,10)(H,11,12)/p-2/t3-,4+. The van der Waals surface area contributed by atoms with E-state index < -0.39 is 21.6 Å². The van der Waals surface area contributed by atoms with Gasteiger partial charge in [-0.2, -0.15) is 0 Å². The van der Waals surface area contributed by atoms with E-state index in [2.05, 4.69) is 31.9 Å². The lowest BCUT2D eigenvalue weighted by Gasteiger charge is -2.14. The molecule has 12 heavy (non-hydrogen) atoms. The molecule has 0 aliphatic heterocycles. The normalized spacial score (nSPS) is 15.2. The summed E-state index contributed by atoms with van der Waals surface area (Å²) in [7, 11) is 0. The van der Waals surface area contributed by atoms with Gasteiger partial charge in [0.15, 0.2) is 0 Å². The van der Waals surface area contributed by atoms with Gasteiger partial charge in [-0.15, -0.1) is 0 Å². The molecule has 0 spiro atoms. The largest absolute Gasteiger partial charge is 0.549 e. The van der Waals surface area contributed by atoms with Gasteiger partial charge < -0.3 is 19.8 Å². The Hall–Kier alpha value is -0.100. The average Bonchev–Trinajstić information content (AvgIpc) is 1.98. The van der Waals surface area contributed by atoms with E-state index in [1.54, 1.807) is 0 Å². The van der Waals surface area contributed by atoms with Crippen molar-refractivity contribution < 1.29 is 19.8 Å². The lowest BCUT2D eigenvalue weighted by Crippen LogP contribution is -2.35. The summed E-state index contributed by atoms with van der Waals surface area (Å²) < 4.78 is 0. The van der Waals surface area contributed by atoms with E-state index in [-0.39, 0.29) is 12.8 Å². The molecule has 0 rings (SSSR count). The molecule has 0 fully saturated rings. The maximum atomic E-state index is 10.1. The van der Waals surface area contributed by atoms with Crippen LogP contribution in [0.25, 0.3) is 0 Å². The van der Waals surface area contributed by atoms with E-state index in [4.69, 9.17) is 0 Å². The van der Waals surface area contributed by atoms with Crippen LogP contribution in [0.3, 0.4) is 0 Å². The molecule has 0 aromatic heterocycles. The van der Waals surface area contributed by atoms with Crippen LogP contribution in [-0.2, 0) is 9.59 Å². The number of alkyl halides is 2. The zero-order valence-corrected chi connectivity index (χ0v) is 9.13. The van der Waals surface area contributed by atoms with Crippen LogP contribution in [0.15, 0.2) is 0 Å². The number of carboxylic acid groups (broad SMARTS) is 2. The molecule has 0 aromatic rings. The Balaban J connectivity index is 3.68. The van der Waals surface area contributed by atoms with Crippen LogP contribution in [0.5, 0.6) is 0 Å². The molecular formula is C6H6Br2O4-2. The number of carbonyl (C=O) groups is 2. The third kappa shape index (κ3) is 4.71. The van der Waals surface area contributed by atoms with Crippen LogP contribution in [0.4, 0.5) is 0 Å². The Bertz CT molecular complexity index is 162. The van der Waals surface area contributed by atoms with Gasteiger partial charge in [0.25, 0.3) is 0 Å². The number of hydrogen-bond acceptors (Lipinski definition) is 4. The lowest BCUT2D eigenvalue weighted by atomic mass is 10.2. The molecule has 0 heterocycles. The molecule has 0 saturated carbocycles. The Morgan fingerprint density at radius 1 is 1.00 bits per heavy atom. The van der Waals surface area contributed by atoms with E-state index in [0.29, 0.717) is 0 Å². The van der Waals surface area contributed by atoms with Gasteiger partial charge in [-0.05, 0) is 12.8 Å². The van der Waals surface area contributed by atoms with Crippen LogP contribution < -0.4 is 10.2 Å². The van der Waals surface area contributed by atoms with E-state index in [1.807, 2.05) is 0 Å². The third-order valence-corrected chi connectivity index (χ3v) is 2.85. The van der Waals surface area contributed by atoms with Crippen molar-refractivity contribution in [3.05, 3.63) is 0 Å². The summed E-state index contributed by atoms with van der Waals surface area (Å²) in [6.07, 6.45) is 0.373. The highest BCUT2D eigenvalue weighted by molar-refractivity contribution is 9.10. The molecule has 0 amide bonds. The lowest BCUT2D eigenvalue weighted by molar-refractivity contribution is -0.307. The van der Waals surface area contributed by atoms with Gasteiger partial charge in [0.1, 0.15) is 0 Å². The smallest absolute Gasteiger partial charge is 0.0551 e. The predicted octanol–water partition coefficient (Wildman–Crippen LogP) is -1.21. The van der Waals surface area contributed by atoms with Crippen molar-refractivity contribution in [3.8, 4) is 0 Å². The van der Waals surface area contributed by atoms with Crippen LogP contribution in [-0.4, -0.2) is 21.6 Å². The fourth-order valence-corrected chi connectivity index (χ4v) is 1.06. The fraction of sp³-hybridized carbons (Fsp3) is 0.667. The molecule has 0 aliphatic carbocycles. The summed E-state index contributed by atoms with van der Waals surface area (Å²) in [6.45, 7) is 0. The first kappa shape index (κ1) is 11.9. The first-order valence-electron chi connectivity index (χ1n) is 3.15. The fourth-order valence-electron chi connectivity index (χ4n) is 0.528. The first-order chi connectivity index (χ1) is 5.45. The van der Waals surface area contributed by atoms with Crippen molar-refractivity contribution in [2.24, 2.45) is 0 Å². The molecule has 0 radical (unpaired) electrons. The second-order valence-electron chi connectivity index (χ2n) is 2.15. The minimum Gasteiger partial charge on any atom is -0.549 e. The van der Waals surface area contributed by atoms with Gasteiger partial charge in [-0.3, -0.25) is 0 Å². The summed E-state index contributed by atoms with van der Waals surface area (Å²) in [5.74, 6) is -2.49. The number of rotatable bonds is 5. The number of carbonyl (C=O) groups excluding carboxylic acids is 2. The van der Waals surface area contributed by atoms with Gasteiger partial charge in [-0.25, -0.2) is 0 Å². The van der Waals surface area contributed by atoms with Crippen LogP contribution in [0.1, 0.15) is 12.8 Å². The molecule has 0 aromatic carbocycles. The summed E-state index contributed by atoms with van der Waals surface area (Å²) in [5, 5.41) is 20.3. The molecule has 0 bridgehead atoms. The van der Waals surface area contributed by atoms with Crippen LogP contribution in [0, 0.1) is 0 Å². The van der Waals surface area contributed by atoms with Gasteiger partial charge in [0.2, 0.25) is 0 Å². The molecule has 4 nitrogen and oxygen atoms in total. The molecule has 0 N–H and O–H groups in total. The molecule has 0 unspecified atom stereocenters. The average molecular weight is 302 g/mol. The molecule has 6 heteroatoms. The second kappa shape index (κ2) is 5.53. The maximum Gasteiger partial charge on any atom is 0.0551 e. The topological polar surface area (TPSA) is 80.3 Å². The van der Waals surface area contributed by atoms with Crippen molar-refractivity contribution in [3.63, 3.8) is 0 Å². The predicted molar refractivity (Wildman–Crippen MR) is 44.7 cm³/mol. The van der Waals surface area contributed by atoms with Gasteiger partial charge in [0, 0.05) is 0 Å². The SMILES string of the molecule is O=C([O-])[C@H](Br)CC[C@H](Br)C(=O)[O-]. The first-order valence-corrected chi connectivity index (χ1v) is 4.98. The third-order valence-electron chi connectivity index (χ3n) is 1.19. The van der Waals surface area contributed by atoms with Crippen molar-refractivity contribution in [2.75, 3.05) is 0 Å². The number of halogens is 2. The Morgan fingerprint density at radius 2 is 1.25 bits per heavy atom. The Morgan fingerprint density at radius 3 is 1.42 bits per heavy atom. The van der Waals surface area contributed by atoms with E-state index in [9.17, 15) is 19.8 Å². The highest BCUT2D eigenvalue weighted by atomic mass is 79.9. The Kier molecular flexibility index (Phi) is 5.48. The van der Waals surface area contributed by atoms with Crippen LogP contribution >= 0.6 is 31.9 Å². The van der Waals surface area contributed by atoms with E-state index >= 15 is 0 Å². The minimum atomic E-state index is -1.24. The van der Waals surface area contributed by atoms with Gasteiger partial charge >= 0.3 is 0 Å². The second-order valence-corrected chi connectivity index (χ2v) is 4.36. The van der Waals surface area contributed by atoms with E-state index in [0.717, 1.165) is 0 Å². The number of carboxylic acids is 2. The van der Waals surface area contributed by atoms with E-state index in [1.165, 1.54) is 0 Å². The molecule has 0 aliphatic rings. The van der Waals surface area contributed by atoms with Crippen LogP contribution in [0.2, 0.25) is 0 Å². The zero-order valence-electron chi connectivity index (χ0n) is 5.96. The monoisotopic (exact) mass is 300 g/mol. The molecule has 2 atom stereocenters. The zero-order chi connectivity index (χ0) is 9.72. The highest BCUT2D eigenvalue weighted by Crippen LogP contribution is 2.13. The molecular weight excluding hydrogens is 296 g/mol. The number of hydrogen-bond donors (Lipinski definition) is 0. The highest BCUT2D eigenvalue weighted by Gasteiger charge is 2.09. The summed E-state index contributed by atoms with van der Waals surface area (Å²) in [4.78, 5) is 18.7. The minimum absolute atomic E-state index is 0.187. The van der Waals surface area contributed by atoms with Crippen molar-refractivity contribution in [2.45, 2.75) is 22.5 Å². The van der Waals surface area contributed by atoms with Gasteiger partial charge in [-0.1, -0.05) is 31.9 Å². The Labute approximate surface area is 86.2 Å². The summed E-state index contributed by atoms with van der Waals surface area (Å²) in [5.41, 5.74) is 0. The summed E-state index contributed by atoms with van der Waals surface area (Å²) >= 11 is 5.65.